The number of aliphatic carboxylic acids is 3. The number of nitrogens with two attached hydrogens (primary N) is 1. The number of phenolic OH excluding ortho intramolecular Hbond substituents is 2. The molecule has 1 aromatic rings. The number of alkyl halides is 3. The first-order chi connectivity index (χ1) is 20.3. The van der Waals surface area contributed by atoms with Crippen LogP contribution in [0.3, 0.4) is 0 Å². The number of urea groups is 1. The molecule has 0 unspecified atom stereocenters. The predicted octanol–water partition coefficient (Wildman–Crippen LogP) is -1.38. The third-order valence-corrected chi connectivity index (χ3v) is 6.86. The Hall–Kier alpha value is -4.44. The number of benzene rings is 1. The molecule has 2 atom stereocenters. The number of halogens is 3. The summed E-state index contributed by atoms with van der Waals surface area (Å²) in [6.07, 6.45) is -4.78. The van der Waals surface area contributed by atoms with Crippen molar-refractivity contribution in [2.75, 3.05) is 31.1 Å². The molecule has 0 saturated carbocycles. The number of rotatable bonds is 16. The summed E-state index contributed by atoms with van der Waals surface area (Å²) in [6.45, 7) is -1.03. The zero-order chi connectivity index (χ0) is 34.0. The van der Waals surface area contributed by atoms with Gasteiger partial charge in [0.1, 0.15) is 18.6 Å². The van der Waals surface area contributed by atoms with E-state index < -0.39 is 72.9 Å². The van der Waals surface area contributed by atoms with Crippen molar-refractivity contribution in [3.05, 3.63) is 23.8 Å². The highest BCUT2D eigenvalue weighted by molar-refractivity contribution is 8.76. The first-order valence-corrected chi connectivity index (χ1v) is 14.2. The van der Waals surface area contributed by atoms with Gasteiger partial charge in [-0.25, -0.2) is 9.59 Å². The number of carboxylic acids is 3. The zero-order valence-corrected chi connectivity index (χ0v) is 23.9. The summed E-state index contributed by atoms with van der Waals surface area (Å²) in [5.74, 6) is -8.83. The van der Waals surface area contributed by atoms with Gasteiger partial charge in [0.25, 0.3) is 5.91 Å². The quantitative estimate of drug-likeness (QED) is 0.0418. The maximum absolute atomic E-state index is 12.2. The molecular formula is C22H28F3N5O12S2. The van der Waals surface area contributed by atoms with Gasteiger partial charge in [-0.2, -0.15) is 13.2 Å². The average molecular weight is 676 g/mol. The van der Waals surface area contributed by atoms with Crippen molar-refractivity contribution in [3.63, 3.8) is 0 Å². The molecule has 0 fully saturated rings. The summed E-state index contributed by atoms with van der Waals surface area (Å²) in [7, 11) is 1.88. The van der Waals surface area contributed by atoms with E-state index in [1.54, 1.807) is 6.07 Å². The zero-order valence-electron chi connectivity index (χ0n) is 22.3. The summed E-state index contributed by atoms with van der Waals surface area (Å²) in [4.78, 5) is 78.5. The Kier molecular flexibility index (Phi) is 17.7. The van der Waals surface area contributed by atoms with Gasteiger partial charge in [-0.05, 0) is 24.1 Å². The summed E-state index contributed by atoms with van der Waals surface area (Å²) >= 11 is 0. The molecule has 0 radical (unpaired) electrons. The number of aromatic hydroxyl groups is 2. The van der Waals surface area contributed by atoms with Crippen molar-refractivity contribution in [2.24, 2.45) is 5.73 Å². The minimum absolute atomic E-state index is 0.100. The van der Waals surface area contributed by atoms with Crippen molar-refractivity contribution < 1.29 is 72.3 Å². The lowest BCUT2D eigenvalue weighted by atomic mass is 10.1. The van der Waals surface area contributed by atoms with Crippen LogP contribution in [0.4, 0.5) is 18.0 Å². The van der Waals surface area contributed by atoms with E-state index in [1.807, 2.05) is 0 Å². The maximum Gasteiger partial charge on any atom is 0.490 e. The van der Waals surface area contributed by atoms with Crippen LogP contribution in [0, 0.1) is 0 Å². The first-order valence-electron chi connectivity index (χ1n) is 11.7. The van der Waals surface area contributed by atoms with Crippen LogP contribution in [0.25, 0.3) is 0 Å². The number of Topliss-reactive ketones (excluding diaryl/α,β-unsaturated/α-hetero) is 1. The Labute approximate surface area is 253 Å². The summed E-state index contributed by atoms with van der Waals surface area (Å²) in [5.41, 5.74) is 5.91. The lowest BCUT2D eigenvalue weighted by molar-refractivity contribution is -0.192. The molecule has 44 heavy (non-hydrogen) atoms. The number of hydrogen-bond donors (Lipinski definition) is 10. The molecule has 0 aliphatic carbocycles. The van der Waals surface area contributed by atoms with Gasteiger partial charge in [0.15, 0.2) is 11.5 Å². The molecule has 17 nitrogen and oxygen atoms in total. The van der Waals surface area contributed by atoms with Crippen LogP contribution in [0.2, 0.25) is 0 Å². The van der Waals surface area contributed by atoms with Crippen LogP contribution in [0.15, 0.2) is 18.2 Å². The fraction of sp³-hybridized carbons (Fsp3) is 0.409. The van der Waals surface area contributed by atoms with Gasteiger partial charge < -0.3 is 52.5 Å². The number of hydrogen-bond acceptors (Lipinski definition) is 12. The minimum atomic E-state index is -5.08. The van der Waals surface area contributed by atoms with E-state index in [9.17, 15) is 52.2 Å². The number of nitrogens with one attached hydrogen (secondary N) is 4. The third kappa shape index (κ3) is 17.5. The Morgan fingerprint density at radius 2 is 1.52 bits per heavy atom. The van der Waals surface area contributed by atoms with Crippen LogP contribution in [-0.4, -0.2) is 116 Å². The molecule has 0 aliphatic heterocycles. The van der Waals surface area contributed by atoms with Crippen molar-refractivity contribution in [3.8, 4) is 11.5 Å². The van der Waals surface area contributed by atoms with Gasteiger partial charge in [-0.3, -0.25) is 24.0 Å². The van der Waals surface area contributed by atoms with Crippen molar-refractivity contribution in [1.29, 1.82) is 0 Å². The monoisotopic (exact) mass is 675 g/mol. The molecule has 0 spiro atoms. The second kappa shape index (κ2) is 19.7. The summed E-state index contributed by atoms with van der Waals surface area (Å²) < 4.78 is 31.7. The molecule has 0 aliphatic rings. The lowest BCUT2D eigenvalue weighted by Crippen LogP contribution is -2.53. The largest absolute Gasteiger partial charge is 0.504 e. The highest BCUT2D eigenvalue weighted by Gasteiger charge is 2.38. The van der Waals surface area contributed by atoms with Gasteiger partial charge in [0.05, 0.1) is 5.75 Å². The van der Waals surface area contributed by atoms with Gasteiger partial charge in [0.2, 0.25) is 11.7 Å². The van der Waals surface area contributed by atoms with Gasteiger partial charge in [-0.15, -0.1) is 0 Å². The van der Waals surface area contributed by atoms with Gasteiger partial charge in [0, 0.05) is 18.8 Å². The Balaban J connectivity index is 0.00000234. The Morgan fingerprint density at radius 1 is 0.909 bits per heavy atom. The normalized spacial score (nSPS) is 11.9. The maximum atomic E-state index is 12.2. The summed E-state index contributed by atoms with van der Waals surface area (Å²) in [5, 5.41) is 52.3. The Morgan fingerprint density at radius 3 is 2.05 bits per heavy atom. The van der Waals surface area contributed by atoms with E-state index in [2.05, 4.69) is 21.3 Å². The molecule has 22 heteroatoms. The fourth-order valence-corrected chi connectivity index (χ4v) is 4.44. The van der Waals surface area contributed by atoms with Crippen molar-refractivity contribution >= 4 is 63.1 Å². The standard InChI is InChI=1S/C20H27N5O10S2.C2HF3O2/c21-11(19(33)34)6-24-20(35)25-12(17(31)23-7-16(29)30)8-36-37-9-15(28)18(32)22-4-3-10-1-2-13(26)14(27)5-10;3-2(4,5)1(6)7/h1-2,5,11-12,26-27H,3-4,6-9,21H2,(H,22,32)(H,23,31)(H,29,30)(H,33,34)(H2,24,25,35);(H,6,7)/t11-,12-;/m0./s1. The molecule has 1 rings (SSSR count). The van der Waals surface area contributed by atoms with Crippen molar-refractivity contribution in [2.45, 2.75) is 24.7 Å². The van der Waals surface area contributed by atoms with E-state index in [-0.39, 0.29) is 29.5 Å². The van der Waals surface area contributed by atoms with Gasteiger partial charge in [-0.1, -0.05) is 27.7 Å². The van der Waals surface area contributed by atoms with Crippen molar-refractivity contribution in [1.82, 2.24) is 21.3 Å². The number of carbonyl (C=O) groups is 7. The molecule has 246 valence electrons. The van der Waals surface area contributed by atoms with Crippen LogP contribution in [0.5, 0.6) is 11.5 Å². The third-order valence-electron chi connectivity index (χ3n) is 4.58. The van der Waals surface area contributed by atoms with Crippen LogP contribution >= 0.6 is 21.6 Å². The van der Waals surface area contributed by atoms with Crippen LogP contribution in [-0.2, 0) is 35.2 Å². The molecular weight excluding hydrogens is 647 g/mol. The molecule has 1 aromatic carbocycles. The number of ketones is 1. The molecule has 0 bridgehead atoms. The van der Waals surface area contributed by atoms with Gasteiger partial charge >= 0.3 is 30.1 Å². The minimum Gasteiger partial charge on any atom is -0.504 e. The summed E-state index contributed by atoms with van der Waals surface area (Å²) in [6, 6.07) is 0.629. The molecule has 0 aromatic heterocycles. The molecule has 0 heterocycles. The number of carboxylic acid groups (broad SMARTS) is 3. The number of carbonyl (C=O) groups excluding carboxylic acids is 4. The van der Waals surface area contributed by atoms with E-state index in [1.165, 1.54) is 12.1 Å². The highest BCUT2D eigenvalue weighted by atomic mass is 33.1. The number of amides is 4. The lowest BCUT2D eigenvalue weighted by Gasteiger charge is -2.18. The Bertz CT molecular complexity index is 1210. The average Bonchev–Trinajstić information content (AvgIpc) is 2.93. The predicted molar refractivity (Wildman–Crippen MR) is 147 cm³/mol. The topological polar surface area (TPSA) is 295 Å². The van der Waals surface area contributed by atoms with E-state index in [0.717, 1.165) is 21.6 Å². The smallest absolute Gasteiger partial charge is 0.490 e. The SMILES string of the molecule is N[C@@H](CNC(=O)N[C@@H](CSSCC(=O)C(=O)NCCc1ccc(O)c(O)c1)C(=O)NCC(=O)O)C(=O)O.O=C(O)C(F)(F)F. The van der Waals surface area contributed by atoms with E-state index >= 15 is 0 Å². The van der Waals surface area contributed by atoms with Crippen LogP contribution in [0.1, 0.15) is 5.56 Å². The van der Waals surface area contributed by atoms with E-state index in [0.29, 0.717) is 12.0 Å². The molecule has 0 saturated heterocycles. The highest BCUT2D eigenvalue weighted by Crippen LogP contribution is 2.25. The number of phenols is 2. The van der Waals surface area contributed by atoms with E-state index in [4.69, 9.17) is 25.8 Å². The van der Waals surface area contributed by atoms with Crippen LogP contribution < -0.4 is 27.0 Å². The molecule has 4 amide bonds. The second-order valence-corrected chi connectivity index (χ2v) is 10.6. The second-order valence-electron chi connectivity index (χ2n) is 8.06. The first kappa shape index (κ1) is 39.6. The fourth-order valence-electron chi connectivity index (χ4n) is 2.39. The molecule has 11 N–H and O–H groups in total.